The topological polar surface area (TPSA) is 97.8 Å². The number of halogens is 1. The Balaban J connectivity index is 1.60. The Kier molecular flexibility index (Phi) is 4.86. The number of carboxylic acid groups (broad SMARTS) is 1. The molecule has 2 N–H and O–H groups in total. The first-order valence-electron chi connectivity index (χ1n) is 7.05. The van der Waals surface area contributed by atoms with E-state index in [-0.39, 0.29) is 24.6 Å². The first-order chi connectivity index (χ1) is 11.5. The van der Waals surface area contributed by atoms with E-state index in [2.05, 4.69) is 10.3 Å². The van der Waals surface area contributed by atoms with E-state index in [9.17, 15) is 9.59 Å². The van der Waals surface area contributed by atoms with Crippen molar-refractivity contribution in [2.24, 2.45) is 0 Å². The molecular formula is C15H13ClN2O5S. The van der Waals surface area contributed by atoms with E-state index in [4.69, 9.17) is 26.2 Å². The van der Waals surface area contributed by atoms with Crippen LogP contribution in [0, 0.1) is 0 Å². The highest BCUT2D eigenvalue weighted by Crippen LogP contribution is 2.38. The summed E-state index contributed by atoms with van der Waals surface area (Å²) in [5, 5.41) is 13.9. The molecule has 7 nitrogen and oxygen atoms in total. The highest BCUT2D eigenvalue weighted by molar-refractivity contribution is 7.09. The maximum atomic E-state index is 12.0. The van der Waals surface area contributed by atoms with Gasteiger partial charge in [0, 0.05) is 5.38 Å². The van der Waals surface area contributed by atoms with E-state index < -0.39 is 5.97 Å². The number of benzene rings is 1. The van der Waals surface area contributed by atoms with Gasteiger partial charge in [-0.2, -0.15) is 0 Å². The lowest BCUT2D eigenvalue weighted by Crippen LogP contribution is -2.24. The Morgan fingerprint density at radius 3 is 2.88 bits per heavy atom. The number of fused-ring (bicyclic) bond motifs is 1. The van der Waals surface area contributed by atoms with Gasteiger partial charge in [-0.1, -0.05) is 11.6 Å². The maximum absolute atomic E-state index is 12.0. The van der Waals surface area contributed by atoms with Crippen LogP contribution in [-0.4, -0.2) is 35.2 Å². The molecule has 0 atom stereocenters. The zero-order chi connectivity index (χ0) is 17.1. The van der Waals surface area contributed by atoms with Gasteiger partial charge in [-0.25, -0.2) is 9.78 Å². The Morgan fingerprint density at radius 2 is 2.12 bits per heavy atom. The largest absolute Gasteiger partial charge is 0.486 e. The summed E-state index contributed by atoms with van der Waals surface area (Å²) in [5.41, 5.74) is 0.676. The number of hydrogen-bond acceptors (Lipinski definition) is 6. The summed E-state index contributed by atoms with van der Waals surface area (Å²) < 4.78 is 10.9. The molecule has 0 radical (unpaired) electrons. The van der Waals surface area contributed by atoms with Gasteiger partial charge in [0.1, 0.15) is 18.2 Å². The number of carbonyl (C=O) groups is 2. The summed E-state index contributed by atoms with van der Waals surface area (Å²) >= 11 is 7.32. The number of thiazole rings is 1. The Morgan fingerprint density at radius 1 is 1.33 bits per heavy atom. The molecule has 1 amide bonds. The van der Waals surface area contributed by atoms with Gasteiger partial charge in [0.15, 0.2) is 17.2 Å². The van der Waals surface area contributed by atoms with E-state index in [1.165, 1.54) is 16.7 Å². The van der Waals surface area contributed by atoms with Crippen LogP contribution in [0.25, 0.3) is 0 Å². The summed E-state index contributed by atoms with van der Waals surface area (Å²) in [6.07, 6.45) is 0.119. The third kappa shape index (κ3) is 3.77. The summed E-state index contributed by atoms with van der Waals surface area (Å²) in [7, 11) is 0. The Bertz CT molecular complexity index is 792. The molecule has 1 aliphatic heterocycles. The van der Waals surface area contributed by atoms with Crippen LogP contribution in [0.3, 0.4) is 0 Å². The smallest absolute Gasteiger partial charge is 0.355 e. The molecule has 1 aromatic heterocycles. The number of aromatic carboxylic acids is 1. The van der Waals surface area contributed by atoms with Gasteiger partial charge < -0.3 is 19.9 Å². The van der Waals surface area contributed by atoms with Crippen molar-refractivity contribution in [3.8, 4) is 11.5 Å². The molecule has 2 aromatic rings. The standard InChI is InChI=1S/C15H13ClN2O5S/c16-9-3-8(4-11-14(9)23-2-1-22-11)5-12(19)17-6-13-18-10(7-24-13)15(20)21/h3-4,7H,1-2,5-6H2,(H,17,19)(H,20,21). The molecule has 0 bridgehead atoms. The number of hydrogen-bond donors (Lipinski definition) is 2. The van der Waals surface area contributed by atoms with Crippen LogP contribution in [0.2, 0.25) is 5.02 Å². The van der Waals surface area contributed by atoms with Gasteiger partial charge in [-0.3, -0.25) is 4.79 Å². The second kappa shape index (κ2) is 7.06. The fourth-order valence-electron chi connectivity index (χ4n) is 2.18. The van der Waals surface area contributed by atoms with Gasteiger partial charge in [0.2, 0.25) is 5.91 Å². The molecule has 0 fully saturated rings. The molecule has 24 heavy (non-hydrogen) atoms. The van der Waals surface area contributed by atoms with E-state index in [1.54, 1.807) is 12.1 Å². The van der Waals surface area contributed by atoms with Crippen LogP contribution in [0.4, 0.5) is 0 Å². The third-order valence-corrected chi connectivity index (χ3v) is 4.36. The molecule has 0 unspecified atom stereocenters. The van der Waals surface area contributed by atoms with Crippen molar-refractivity contribution in [3.63, 3.8) is 0 Å². The minimum absolute atomic E-state index is 0.0251. The summed E-state index contributed by atoms with van der Waals surface area (Å²) in [6.45, 7) is 1.06. The first-order valence-corrected chi connectivity index (χ1v) is 8.31. The molecular weight excluding hydrogens is 356 g/mol. The predicted octanol–water partition coefficient (Wildman–Crippen LogP) is 2.12. The average molecular weight is 369 g/mol. The van der Waals surface area contributed by atoms with Gasteiger partial charge in [-0.05, 0) is 17.7 Å². The van der Waals surface area contributed by atoms with E-state index >= 15 is 0 Å². The fourth-order valence-corrected chi connectivity index (χ4v) is 3.17. The molecule has 0 spiro atoms. The number of ether oxygens (including phenoxy) is 2. The molecule has 3 rings (SSSR count). The van der Waals surface area contributed by atoms with Crippen LogP contribution >= 0.6 is 22.9 Å². The summed E-state index contributed by atoms with van der Waals surface area (Å²) in [5.74, 6) is -0.289. The monoisotopic (exact) mass is 368 g/mol. The lowest BCUT2D eigenvalue weighted by Gasteiger charge is -2.20. The van der Waals surface area contributed by atoms with Crippen molar-refractivity contribution in [2.45, 2.75) is 13.0 Å². The normalized spacial score (nSPS) is 12.7. The van der Waals surface area contributed by atoms with Crippen LogP contribution < -0.4 is 14.8 Å². The van der Waals surface area contributed by atoms with Crippen molar-refractivity contribution in [1.29, 1.82) is 0 Å². The Labute approximate surface area is 146 Å². The van der Waals surface area contributed by atoms with Crippen molar-refractivity contribution in [2.75, 3.05) is 13.2 Å². The van der Waals surface area contributed by atoms with Crippen molar-refractivity contribution in [3.05, 3.63) is 38.8 Å². The van der Waals surface area contributed by atoms with Crippen molar-refractivity contribution < 1.29 is 24.2 Å². The molecule has 1 aromatic carbocycles. The SMILES string of the molecule is O=C(Cc1cc(Cl)c2c(c1)OCCO2)NCc1nc(C(=O)O)cs1. The Hall–Kier alpha value is -2.32. The van der Waals surface area contributed by atoms with Crippen LogP contribution in [0.15, 0.2) is 17.5 Å². The van der Waals surface area contributed by atoms with E-state index in [1.807, 2.05) is 0 Å². The van der Waals surface area contributed by atoms with Crippen LogP contribution in [0.5, 0.6) is 11.5 Å². The quantitative estimate of drug-likeness (QED) is 0.839. The molecule has 0 saturated heterocycles. The first kappa shape index (κ1) is 16.5. The number of nitrogens with one attached hydrogen (secondary N) is 1. The van der Waals surface area contributed by atoms with Gasteiger partial charge in [0.05, 0.1) is 18.0 Å². The van der Waals surface area contributed by atoms with E-state index in [0.29, 0.717) is 40.3 Å². The number of carbonyl (C=O) groups excluding carboxylic acids is 1. The molecule has 2 heterocycles. The maximum Gasteiger partial charge on any atom is 0.355 e. The van der Waals surface area contributed by atoms with Gasteiger partial charge in [0.25, 0.3) is 0 Å². The number of carboxylic acids is 1. The highest BCUT2D eigenvalue weighted by atomic mass is 35.5. The van der Waals surface area contributed by atoms with Gasteiger partial charge in [-0.15, -0.1) is 11.3 Å². The predicted molar refractivity (Wildman–Crippen MR) is 87.1 cm³/mol. The fraction of sp³-hybridized carbons (Fsp3) is 0.267. The lowest BCUT2D eigenvalue weighted by molar-refractivity contribution is -0.120. The molecule has 9 heteroatoms. The lowest BCUT2D eigenvalue weighted by atomic mass is 10.1. The zero-order valence-electron chi connectivity index (χ0n) is 12.4. The molecule has 126 valence electrons. The third-order valence-electron chi connectivity index (χ3n) is 3.23. The number of aromatic nitrogens is 1. The van der Waals surface area contributed by atoms with E-state index in [0.717, 1.165) is 0 Å². The summed E-state index contributed by atoms with van der Waals surface area (Å²) in [4.78, 5) is 26.7. The number of nitrogens with zero attached hydrogens (tertiary/aromatic N) is 1. The molecule has 0 saturated carbocycles. The average Bonchev–Trinajstić information content (AvgIpc) is 3.02. The van der Waals surface area contributed by atoms with Crippen LogP contribution in [0.1, 0.15) is 21.1 Å². The zero-order valence-corrected chi connectivity index (χ0v) is 13.9. The van der Waals surface area contributed by atoms with Gasteiger partial charge >= 0.3 is 5.97 Å². The highest BCUT2D eigenvalue weighted by Gasteiger charge is 2.18. The summed E-state index contributed by atoms with van der Waals surface area (Å²) in [6, 6.07) is 3.40. The second-order valence-corrected chi connectivity index (χ2v) is 6.34. The number of amides is 1. The molecule has 1 aliphatic rings. The second-order valence-electron chi connectivity index (χ2n) is 4.99. The van der Waals surface area contributed by atoms with Crippen molar-refractivity contribution >= 4 is 34.8 Å². The minimum atomic E-state index is -1.09. The minimum Gasteiger partial charge on any atom is -0.486 e. The number of rotatable bonds is 5. The van der Waals surface area contributed by atoms with Crippen LogP contribution in [-0.2, 0) is 17.8 Å². The molecule has 0 aliphatic carbocycles. The van der Waals surface area contributed by atoms with Crippen molar-refractivity contribution in [1.82, 2.24) is 10.3 Å².